The molecule has 5 rings (SSSR count). The van der Waals surface area contributed by atoms with Crippen molar-refractivity contribution in [2.45, 2.75) is 23.9 Å². The number of nitrogens with one attached hydrogen (secondary N) is 1. The molecule has 0 aromatic heterocycles. The molecular weight excluding hydrogens is 682 g/mol. The molecule has 1 aliphatic rings. The summed E-state index contributed by atoms with van der Waals surface area (Å²) in [6, 6.07) is 26.6. The van der Waals surface area contributed by atoms with Gasteiger partial charge in [0.25, 0.3) is 5.91 Å². The number of morpholine rings is 1. The normalized spacial score (nSPS) is 14.0. The van der Waals surface area contributed by atoms with Crippen molar-refractivity contribution in [3.8, 4) is 17.2 Å². The number of benzene rings is 4. The molecular formula is C37H40ClN3O8S. The topological polar surface area (TPSA) is 124 Å². The van der Waals surface area contributed by atoms with E-state index in [4.69, 9.17) is 30.5 Å². The zero-order valence-corrected chi connectivity index (χ0v) is 29.5. The van der Waals surface area contributed by atoms with Crippen molar-refractivity contribution in [3.63, 3.8) is 0 Å². The molecule has 1 N–H and O–H groups in total. The number of sulfonamides is 1. The van der Waals surface area contributed by atoms with E-state index in [9.17, 15) is 18.0 Å². The molecule has 264 valence electrons. The third-order valence-electron chi connectivity index (χ3n) is 8.22. The number of hydrogen-bond donors (Lipinski definition) is 1. The van der Waals surface area contributed by atoms with E-state index in [1.165, 1.54) is 33.5 Å². The number of nitrogens with zero attached hydrogens (tertiary/aromatic N) is 2. The molecule has 2 amide bonds. The number of carbonyl (C=O) groups is 2. The Bertz CT molecular complexity index is 1840. The summed E-state index contributed by atoms with van der Waals surface area (Å²) in [4.78, 5) is 29.6. The fraction of sp³-hybridized carbons (Fsp3) is 0.297. The minimum Gasteiger partial charge on any atom is -0.493 e. The number of halogens is 1. The van der Waals surface area contributed by atoms with Crippen LogP contribution in [0.1, 0.15) is 22.7 Å². The van der Waals surface area contributed by atoms with Gasteiger partial charge in [0.2, 0.25) is 15.9 Å². The molecule has 4 aromatic rings. The maximum absolute atomic E-state index is 14.0. The van der Waals surface area contributed by atoms with E-state index in [2.05, 4.69) is 5.32 Å². The first-order chi connectivity index (χ1) is 24.2. The van der Waals surface area contributed by atoms with Crippen LogP contribution in [-0.2, 0) is 37.3 Å². The Hall–Kier alpha value is -4.62. The summed E-state index contributed by atoms with van der Waals surface area (Å²) in [6.45, 7) is 1.25. The predicted molar refractivity (Wildman–Crippen MR) is 189 cm³/mol. The van der Waals surface area contributed by atoms with Crippen LogP contribution >= 0.6 is 11.6 Å². The largest absolute Gasteiger partial charge is 0.493 e. The molecule has 0 radical (unpaired) electrons. The number of carbonyl (C=O) groups excluding carboxylic acids is 2. The van der Waals surface area contributed by atoms with Crippen molar-refractivity contribution < 1.29 is 37.0 Å². The van der Waals surface area contributed by atoms with Crippen molar-refractivity contribution in [2.75, 3.05) is 53.7 Å². The Morgan fingerprint density at radius 1 is 0.880 bits per heavy atom. The third kappa shape index (κ3) is 9.33. The van der Waals surface area contributed by atoms with Gasteiger partial charge < -0.3 is 29.2 Å². The maximum atomic E-state index is 14.0. The van der Waals surface area contributed by atoms with Gasteiger partial charge in [0.05, 0.1) is 32.3 Å². The summed E-state index contributed by atoms with van der Waals surface area (Å²) in [7, 11) is -0.554. The Kier molecular flexibility index (Phi) is 12.7. The van der Waals surface area contributed by atoms with E-state index >= 15 is 0 Å². The van der Waals surface area contributed by atoms with Crippen LogP contribution in [0.4, 0.5) is 0 Å². The maximum Gasteiger partial charge on any atom is 0.261 e. The highest BCUT2D eigenvalue weighted by Crippen LogP contribution is 2.28. The summed E-state index contributed by atoms with van der Waals surface area (Å²) in [6.07, 6.45) is 0.513. The van der Waals surface area contributed by atoms with Crippen molar-refractivity contribution >= 4 is 33.4 Å². The first kappa shape index (κ1) is 36.7. The van der Waals surface area contributed by atoms with Gasteiger partial charge in [0, 0.05) is 31.2 Å². The Balaban J connectivity index is 1.34. The number of amides is 2. The lowest BCUT2D eigenvalue weighted by molar-refractivity contribution is -0.143. The molecule has 1 atom stereocenters. The van der Waals surface area contributed by atoms with E-state index in [0.29, 0.717) is 54.0 Å². The average molecular weight is 722 g/mol. The third-order valence-corrected chi connectivity index (χ3v) is 10.4. The molecule has 50 heavy (non-hydrogen) atoms. The average Bonchev–Trinajstić information content (AvgIpc) is 3.15. The highest BCUT2D eigenvalue weighted by Gasteiger charge is 2.32. The molecule has 1 fully saturated rings. The fourth-order valence-corrected chi connectivity index (χ4v) is 7.09. The Morgan fingerprint density at radius 2 is 1.54 bits per heavy atom. The smallest absolute Gasteiger partial charge is 0.261 e. The molecule has 0 aliphatic carbocycles. The van der Waals surface area contributed by atoms with Gasteiger partial charge in [-0.15, -0.1) is 0 Å². The van der Waals surface area contributed by atoms with Crippen LogP contribution < -0.4 is 19.5 Å². The molecule has 0 saturated carbocycles. The van der Waals surface area contributed by atoms with Gasteiger partial charge >= 0.3 is 0 Å². The SMILES string of the molecule is COc1ccc(CCNC(=O)C(c2ccccc2)N(Cc2ccc(Cl)cc2)C(=O)COc2ccc(S(=O)(=O)N3CCOCC3)cc2)cc1OC. The van der Waals surface area contributed by atoms with Crippen molar-refractivity contribution in [1.82, 2.24) is 14.5 Å². The molecule has 0 spiro atoms. The lowest BCUT2D eigenvalue weighted by atomic mass is 10.0. The summed E-state index contributed by atoms with van der Waals surface area (Å²) in [5, 5.41) is 3.55. The van der Waals surface area contributed by atoms with E-state index in [1.807, 2.05) is 36.4 Å². The summed E-state index contributed by atoms with van der Waals surface area (Å²) < 4.78 is 49.4. The molecule has 11 nitrogen and oxygen atoms in total. The number of ether oxygens (including phenoxy) is 4. The number of hydrogen-bond acceptors (Lipinski definition) is 8. The Morgan fingerprint density at radius 3 is 2.20 bits per heavy atom. The molecule has 4 aromatic carbocycles. The highest BCUT2D eigenvalue weighted by molar-refractivity contribution is 7.89. The number of rotatable bonds is 15. The zero-order chi connectivity index (χ0) is 35.5. The van der Waals surface area contributed by atoms with Crippen LogP contribution in [0, 0.1) is 0 Å². The monoisotopic (exact) mass is 721 g/mol. The molecule has 1 saturated heterocycles. The molecule has 0 bridgehead atoms. The second-order valence-electron chi connectivity index (χ2n) is 11.5. The van der Waals surface area contributed by atoms with Crippen LogP contribution in [0.15, 0.2) is 102 Å². The van der Waals surface area contributed by atoms with Gasteiger partial charge in [0.15, 0.2) is 18.1 Å². The van der Waals surface area contributed by atoms with Gasteiger partial charge in [-0.25, -0.2) is 8.42 Å². The highest BCUT2D eigenvalue weighted by atomic mass is 35.5. The summed E-state index contributed by atoms with van der Waals surface area (Å²) in [5.74, 6) is 0.690. The zero-order valence-electron chi connectivity index (χ0n) is 27.9. The van der Waals surface area contributed by atoms with Gasteiger partial charge in [-0.2, -0.15) is 4.31 Å². The molecule has 13 heteroatoms. The second kappa shape index (κ2) is 17.3. The standard InChI is InChI=1S/C37H40ClN3O8S/c1-46-33-17-10-27(24-34(33)47-2)18-19-39-37(43)36(29-6-4-3-5-7-29)41(25-28-8-11-30(38)12-9-28)35(42)26-49-31-13-15-32(16-14-31)50(44,45)40-20-22-48-23-21-40/h3-17,24,36H,18-23,25-26H2,1-2H3,(H,39,43). The van der Waals surface area contributed by atoms with Crippen LogP contribution in [0.5, 0.6) is 17.2 Å². The summed E-state index contributed by atoms with van der Waals surface area (Å²) in [5.41, 5.74) is 2.32. The van der Waals surface area contributed by atoms with Crippen LogP contribution in [0.25, 0.3) is 0 Å². The van der Waals surface area contributed by atoms with Crippen LogP contribution in [-0.4, -0.2) is 83.1 Å². The Labute approximate surface area is 297 Å². The van der Waals surface area contributed by atoms with Gasteiger partial charge in [-0.1, -0.05) is 60.1 Å². The second-order valence-corrected chi connectivity index (χ2v) is 13.8. The summed E-state index contributed by atoms with van der Waals surface area (Å²) >= 11 is 6.14. The van der Waals surface area contributed by atoms with Crippen molar-refractivity contribution in [2.24, 2.45) is 0 Å². The molecule has 1 unspecified atom stereocenters. The van der Waals surface area contributed by atoms with Gasteiger partial charge in [-0.05, 0) is 71.6 Å². The van der Waals surface area contributed by atoms with Crippen molar-refractivity contribution in [1.29, 1.82) is 0 Å². The van der Waals surface area contributed by atoms with Gasteiger partial charge in [-0.3, -0.25) is 9.59 Å². The van der Waals surface area contributed by atoms with Gasteiger partial charge in [0.1, 0.15) is 11.8 Å². The minimum atomic E-state index is -3.69. The van der Waals surface area contributed by atoms with Crippen LogP contribution in [0.3, 0.4) is 0 Å². The molecule has 1 aliphatic heterocycles. The predicted octanol–water partition coefficient (Wildman–Crippen LogP) is 4.89. The van der Waals surface area contributed by atoms with E-state index < -0.39 is 28.6 Å². The van der Waals surface area contributed by atoms with E-state index in [1.54, 1.807) is 50.6 Å². The van der Waals surface area contributed by atoms with Crippen molar-refractivity contribution in [3.05, 3.63) is 119 Å². The number of methoxy groups -OCH3 is 2. The quantitative estimate of drug-likeness (QED) is 0.184. The van der Waals surface area contributed by atoms with Crippen LogP contribution in [0.2, 0.25) is 5.02 Å². The lowest BCUT2D eigenvalue weighted by Gasteiger charge is -2.31. The lowest BCUT2D eigenvalue weighted by Crippen LogP contribution is -2.45. The van der Waals surface area contributed by atoms with E-state index in [-0.39, 0.29) is 30.4 Å². The molecule has 1 heterocycles. The minimum absolute atomic E-state index is 0.0960. The fourth-order valence-electron chi connectivity index (χ4n) is 5.55. The first-order valence-electron chi connectivity index (χ1n) is 16.1. The first-order valence-corrected chi connectivity index (χ1v) is 17.9. The van der Waals surface area contributed by atoms with E-state index in [0.717, 1.165) is 11.1 Å².